The lowest BCUT2D eigenvalue weighted by molar-refractivity contribution is -0.119. The summed E-state index contributed by atoms with van der Waals surface area (Å²) in [6.45, 7) is 3.25. The molecular weight excluding hydrogens is 258 g/mol. The van der Waals surface area contributed by atoms with Crippen LogP contribution in [0.5, 0.6) is 0 Å². The first-order chi connectivity index (χ1) is 9.60. The molecule has 1 aromatic rings. The van der Waals surface area contributed by atoms with Crippen LogP contribution in [0.2, 0.25) is 0 Å². The normalized spacial score (nSPS) is 10.2. The van der Waals surface area contributed by atoms with Gasteiger partial charge >= 0.3 is 0 Å². The van der Waals surface area contributed by atoms with Crippen molar-refractivity contribution in [2.24, 2.45) is 0 Å². The third kappa shape index (κ3) is 5.00. The molecule has 0 bridgehead atoms. The number of aryl methyl sites for hydroxylation is 1. The fourth-order valence-electron chi connectivity index (χ4n) is 1.61. The molecule has 7 nitrogen and oxygen atoms in total. The highest BCUT2D eigenvalue weighted by molar-refractivity contribution is 5.80. The van der Waals surface area contributed by atoms with Crippen LogP contribution in [0.4, 0.5) is 11.6 Å². The number of ether oxygens (including phenoxy) is 1. The fourth-order valence-corrected chi connectivity index (χ4v) is 1.61. The van der Waals surface area contributed by atoms with Gasteiger partial charge in [0.15, 0.2) is 0 Å². The van der Waals surface area contributed by atoms with Crippen molar-refractivity contribution >= 4 is 17.5 Å². The van der Waals surface area contributed by atoms with E-state index < -0.39 is 0 Å². The van der Waals surface area contributed by atoms with E-state index in [9.17, 15) is 4.79 Å². The second kappa shape index (κ2) is 8.31. The minimum atomic E-state index is -0.0628. The number of rotatable bonds is 8. The number of hydrogen-bond donors (Lipinski definition) is 2. The molecule has 0 fully saturated rings. The predicted molar refractivity (Wildman–Crippen MR) is 79.1 cm³/mol. The van der Waals surface area contributed by atoms with Crippen molar-refractivity contribution in [3.63, 3.8) is 0 Å². The number of nitrogens with one attached hydrogen (secondary N) is 2. The lowest BCUT2D eigenvalue weighted by atomic mass is 10.4. The summed E-state index contributed by atoms with van der Waals surface area (Å²) >= 11 is 0. The third-order valence-corrected chi connectivity index (χ3v) is 2.73. The third-order valence-electron chi connectivity index (χ3n) is 2.73. The number of aromatic nitrogens is 2. The van der Waals surface area contributed by atoms with Crippen molar-refractivity contribution in [3.05, 3.63) is 11.9 Å². The fraction of sp³-hybridized carbons (Fsp3) is 0.615. The Balaban J connectivity index is 2.66. The highest BCUT2D eigenvalue weighted by Gasteiger charge is 2.10. The first kappa shape index (κ1) is 16.2. The van der Waals surface area contributed by atoms with Gasteiger partial charge in [-0.3, -0.25) is 4.79 Å². The summed E-state index contributed by atoms with van der Waals surface area (Å²) in [7, 11) is 5.24. The van der Waals surface area contributed by atoms with Crippen LogP contribution in [0.25, 0.3) is 0 Å². The molecule has 0 saturated heterocycles. The van der Waals surface area contributed by atoms with Gasteiger partial charge in [-0.05, 0) is 0 Å². The maximum Gasteiger partial charge on any atom is 0.239 e. The summed E-state index contributed by atoms with van der Waals surface area (Å²) in [5.74, 6) is 2.16. The zero-order valence-electron chi connectivity index (χ0n) is 12.6. The smallest absolute Gasteiger partial charge is 0.239 e. The number of carbonyl (C=O) groups excluding carboxylic acids is 1. The van der Waals surface area contributed by atoms with Crippen molar-refractivity contribution in [1.82, 2.24) is 15.3 Å². The molecular formula is C13H23N5O2. The number of carbonyl (C=O) groups is 1. The van der Waals surface area contributed by atoms with Crippen LogP contribution in [0.1, 0.15) is 12.7 Å². The van der Waals surface area contributed by atoms with E-state index in [4.69, 9.17) is 4.74 Å². The number of anilines is 2. The van der Waals surface area contributed by atoms with Crippen LogP contribution >= 0.6 is 0 Å². The number of amides is 1. The average molecular weight is 281 g/mol. The van der Waals surface area contributed by atoms with E-state index in [0.717, 1.165) is 23.9 Å². The minimum Gasteiger partial charge on any atom is -0.383 e. The van der Waals surface area contributed by atoms with Gasteiger partial charge in [0.1, 0.15) is 17.5 Å². The Morgan fingerprint density at radius 3 is 2.80 bits per heavy atom. The molecule has 0 radical (unpaired) electrons. The maximum absolute atomic E-state index is 11.7. The molecule has 0 atom stereocenters. The molecule has 0 saturated carbocycles. The highest BCUT2D eigenvalue weighted by atomic mass is 16.5. The topological polar surface area (TPSA) is 79.4 Å². The van der Waals surface area contributed by atoms with Crippen molar-refractivity contribution in [1.29, 1.82) is 0 Å². The molecule has 20 heavy (non-hydrogen) atoms. The van der Waals surface area contributed by atoms with Gasteiger partial charge < -0.3 is 20.3 Å². The SMILES string of the molecule is CCc1nc(NC)cc(N(C)CC(=O)NCCOC)n1. The molecule has 0 aliphatic carbocycles. The Labute approximate surface area is 119 Å². The van der Waals surface area contributed by atoms with Gasteiger partial charge in [-0.2, -0.15) is 0 Å². The van der Waals surface area contributed by atoms with E-state index in [0.29, 0.717) is 13.2 Å². The average Bonchev–Trinajstić information content (AvgIpc) is 2.46. The summed E-state index contributed by atoms with van der Waals surface area (Å²) in [4.78, 5) is 22.3. The van der Waals surface area contributed by atoms with E-state index >= 15 is 0 Å². The lowest BCUT2D eigenvalue weighted by Crippen LogP contribution is -2.37. The lowest BCUT2D eigenvalue weighted by Gasteiger charge is -2.19. The van der Waals surface area contributed by atoms with Gasteiger partial charge in [-0.15, -0.1) is 0 Å². The van der Waals surface area contributed by atoms with Gasteiger partial charge in [0, 0.05) is 40.2 Å². The van der Waals surface area contributed by atoms with Gasteiger partial charge in [-0.1, -0.05) is 6.92 Å². The predicted octanol–water partition coefficient (Wildman–Crippen LogP) is 0.280. The summed E-state index contributed by atoms with van der Waals surface area (Å²) in [5.41, 5.74) is 0. The molecule has 112 valence electrons. The number of likely N-dealkylation sites (N-methyl/N-ethyl adjacent to an activating group) is 1. The molecule has 1 rings (SSSR count). The molecule has 1 heterocycles. The van der Waals surface area contributed by atoms with Crippen molar-refractivity contribution in [2.75, 3.05) is 51.1 Å². The Morgan fingerprint density at radius 1 is 1.45 bits per heavy atom. The number of hydrogen-bond acceptors (Lipinski definition) is 6. The van der Waals surface area contributed by atoms with Crippen molar-refractivity contribution in [2.45, 2.75) is 13.3 Å². The van der Waals surface area contributed by atoms with Gasteiger partial charge in [0.05, 0.1) is 13.2 Å². The molecule has 0 spiro atoms. The monoisotopic (exact) mass is 281 g/mol. The second-order valence-corrected chi connectivity index (χ2v) is 4.33. The van der Waals surface area contributed by atoms with Crippen LogP contribution in [0, 0.1) is 0 Å². The number of methoxy groups -OCH3 is 1. The molecule has 7 heteroatoms. The molecule has 1 amide bonds. The second-order valence-electron chi connectivity index (χ2n) is 4.33. The summed E-state index contributed by atoms with van der Waals surface area (Å²) < 4.78 is 4.89. The van der Waals surface area contributed by atoms with Gasteiger partial charge in [0.2, 0.25) is 5.91 Å². The minimum absolute atomic E-state index is 0.0628. The largest absolute Gasteiger partial charge is 0.383 e. The standard InChI is InChI=1S/C13H23N5O2/c1-5-10-16-11(14-2)8-12(17-10)18(3)9-13(19)15-6-7-20-4/h8H,5-7,9H2,1-4H3,(H,15,19)(H,14,16,17). The van der Waals surface area contributed by atoms with Crippen LogP contribution in [0.3, 0.4) is 0 Å². The Kier molecular flexibility index (Phi) is 6.72. The van der Waals surface area contributed by atoms with Crippen LogP contribution in [-0.4, -0.2) is 56.8 Å². The summed E-state index contributed by atoms with van der Waals surface area (Å²) in [6.07, 6.45) is 0.746. The quantitative estimate of drug-likeness (QED) is 0.666. The van der Waals surface area contributed by atoms with Crippen LogP contribution in [-0.2, 0) is 16.0 Å². The first-order valence-electron chi connectivity index (χ1n) is 6.63. The van der Waals surface area contributed by atoms with E-state index in [2.05, 4.69) is 20.6 Å². The first-order valence-corrected chi connectivity index (χ1v) is 6.63. The Morgan fingerprint density at radius 2 is 2.20 bits per heavy atom. The van der Waals surface area contributed by atoms with Crippen molar-refractivity contribution < 1.29 is 9.53 Å². The summed E-state index contributed by atoms with van der Waals surface area (Å²) in [6, 6.07) is 1.82. The van der Waals surface area contributed by atoms with Crippen LogP contribution in [0.15, 0.2) is 6.07 Å². The van der Waals surface area contributed by atoms with E-state index in [1.54, 1.807) is 12.0 Å². The molecule has 0 unspecified atom stereocenters. The van der Waals surface area contributed by atoms with E-state index in [1.165, 1.54) is 0 Å². The van der Waals surface area contributed by atoms with E-state index in [-0.39, 0.29) is 12.5 Å². The van der Waals surface area contributed by atoms with Crippen LogP contribution < -0.4 is 15.5 Å². The molecule has 0 aliphatic heterocycles. The Bertz CT molecular complexity index is 417. The maximum atomic E-state index is 11.7. The molecule has 0 aromatic carbocycles. The number of nitrogens with zero attached hydrogens (tertiary/aromatic N) is 3. The molecule has 2 N–H and O–H groups in total. The highest BCUT2D eigenvalue weighted by Crippen LogP contribution is 2.14. The summed E-state index contributed by atoms with van der Waals surface area (Å²) in [5, 5.41) is 5.77. The van der Waals surface area contributed by atoms with Gasteiger partial charge in [-0.25, -0.2) is 9.97 Å². The van der Waals surface area contributed by atoms with Gasteiger partial charge in [0.25, 0.3) is 0 Å². The molecule has 0 aliphatic rings. The van der Waals surface area contributed by atoms with E-state index in [1.807, 2.05) is 27.1 Å². The zero-order chi connectivity index (χ0) is 15.0. The molecule has 1 aromatic heterocycles. The van der Waals surface area contributed by atoms with Crippen molar-refractivity contribution in [3.8, 4) is 0 Å². The Hall–Kier alpha value is -1.89. The zero-order valence-corrected chi connectivity index (χ0v) is 12.6.